The van der Waals surface area contributed by atoms with E-state index in [1.807, 2.05) is 39.0 Å². The van der Waals surface area contributed by atoms with Crippen LogP contribution in [0.25, 0.3) is 0 Å². The minimum absolute atomic E-state index is 0.0552. The van der Waals surface area contributed by atoms with Gasteiger partial charge < -0.3 is 15.2 Å². The third-order valence-corrected chi connectivity index (χ3v) is 7.62. The molecule has 0 radical (unpaired) electrons. The van der Waals surface area contributed by atoms with E-state index >= 15 is 0 Å². The first-order valence-electron chi connectivity index (χ1n) is 11.5. The molecular weight excluding hydrogens is 464 g/mol. The molecule has 1 aliphatic rings. The molecule has 3 aromatic carbocycles. The van der Waals surface area contributed by atoms with Crippen molar-refractivity contribution < 1.29 is 23.1 Å². The highest BCUT2D eigenvalue weighted by atomic mass is 32.2. The molecule has 35 heavy (non-hydrogen) atoms. The van der Waals surface area contributed by atoms with E-state index in [1.54, 1.807) is 30.3 Å². The summed E-state index contributed by atoms with van der Waals surface area (Å²) in [5.41, 5.74) is 3.99. The number of carbonyl (C=O) groups is 1. The number of ether oxygens (including phenoxy) is 1. The molecule has 2 atom stereocenters. The summed E-state index contributed by atoms with van der Waals surface area (Å²) in [6, 6.07) is 17.0. The number of hydrogen-bond acceptors (Lipinski definition) is 6. The van der Waals surface area contributed by atoms with Crippen LogP contribution in [0.15, 0.2) is 65.6 Å². The lowest BCUT2D eigenvalue weighted by molar-refractivity contribution is 0.0939. The van der Waals surface area contributed by atoms with Gasteiger partial charge in [-0.3, -0.25) is 9.52 Å². The lowest BCUT2D eigenvalue weighted by Gasteiger charge is -2.31. The SMILES string of the molecule is COc1cc(NS(=O)(=O)c2ccc3c(c2)C(O)CC(c2cccc(C(=O)C(C)C)c2)N3)ccc1C. The molecule has 0 aromatic heterocycles. The van der Waals surface area contributed by atoms with Gasteiger partial charge in [0.05, 0.1) is 29.8 Å². The van der Waals surface area contributed by atoms with Crippen LogP contribution in [-0.2, 0) is 10.0 Å². The Balaban J connectivity index is 1.58. The molecule has 0 spiro atoms. The van der Waals surface area contributed by atoms with Crippen molar-refractivity contribution in [3.8, 4) is 5.75 Å². The molecule has 0 saturated carbocycles. The predicted octanol–water partition coefficient (Wildman–Crippen LogP) is 5.23. The fourth-order valence-corrected chi connectivity index (χ4v) is 5.36. The van der Waals surface area contributed by atoms with Crippen molar-refractivity contribution in [1.82, 2.24) is 0 Å². The Hall–Kier alpha value is -3.36. The summed E-state index contributed by atoms with van der Waals surface area (Å²) >= 11 is 0. The van der Waals surface area contributed by atoms with Crippen LogP contribution in [0.3, 0.4) is 0 Å². The summed E-state index contributed by atoms with van der Waals surface area (Å²) < 4.78 is 33.9. The maximum absolute atomic E-state index is 13.0. The summed E-state index contributed by atoms with van der Waals surface area (Å²) in [4.78, 5) is 12.5. The summed E-state index contributed by atoms with van der Waals surface area (Å²) in [5, 5.41) is 14.3. The van der Waals surface area contributed by atoms with Crippen LogP contribution in [0.1, 0.15) is 59.5 Å². The topological polar surface area (TPSA) is 105 Å². The third kappa shape index (κ3) is 5.18. The zero-order chi connectivity index (χ0) is 25.3. The van der Waals surface area contributed by atoms with Crippen molar-refractivity contribution >= 4 is 27.2 Å². The molecule has 7 nitrogen and oxygen atoms in total. The van der Waals surface area contributed by atoms with Crippen molar-refractivity contribution in [2.45, 2.75) is 44.2 Å². The van der Waals surface area contributed by atoms with Crippen molar-refractivity contribution in [2.75, 3.05) is 17.1 Å². The van der Waals surface area contributed by atoms with Crippen molar-refractivity contribution in [3.05, 3.63) is 82.9 Å². The first-order chi connectivity index (χ1) is 16.6. The lowest BCUT2D eigenvalue weighted by atomic mass is 9.89. The number of aliphatic hydroxyl groups excluding tert-OH is 1. The maximum Gasteiger partial charge on any atom is 0.261 e. The molecule has 1 heterocycles. The second-order valence-corrected chi connectivity index (χ2v) is 10.8. The second-order valence-electron chi connectivity index (χ2n) is 9.13. The van der Waals surface area contributed by atoms with Gasteiger partial charge in [-0.1, -0.05) is 38.1 Å². The molecule has 0 aliphatic carbocycles. The average Bonchev–Trinajstić information content (AvgIpc) is 2.84. The van der Waals surface area contributed by atoms with Gasteiger partial charge in [-0.25, -0.2) is 8.42 Å². The van der Waals surface area contributed by atoms with E-state index in [0.29, 0.717) is 34.7 Å². The number of anilines is 2. The van der Waals surface area contributed by atoms with Gasteiger partial charge in [-0.2, -0.15) is 0 Å². The Morgan fingerprint density at radius 3 is 2.60 bits per heavy atom. The van der Waals surface area contributed by atoms with Gasteiger partial charge >= 0.3 is 0 Å². The molecule has 1 aliphatic heterocycles. The van der Waals surface area contributed by atoms with Gasteiger partial charge in [0.2, 0.25) is 0 Å². The van der Waals surface area contributed by atoms with E-state index in [0.717, 1.165) is 11.1 Å². The van der Waals surface area contributed by atoms with E-state index < -0.39 is 16.1 Å². The van der Waals surface area contributed by atoms with E-state index in [4.69, 9.17) is 4.74 Å². The first-order valence-corrected chi connectivity index (χ1v) is 13.0. The van der Waals surface area contributed by atoms with Crippen molar-refractivity contribution in [1.29, 1.82) is 0 Å². The zero-order valence-corrected chi connectivity index (χ0v) is 21.0. The number of aliphatic hydroxyl groups is 1. The van der Waals surface area contributed by atoms with Crippen LogP contribution in [0.2, 0.25) is 0 Å². The lowest BCUT2D eigenvalue weighted by Crippen LogP contribution is -2.23. The molecule has 8 heteroatoms. The Labute approximate surface area is 206 Å². The monoisotopic (exact) mass is 494 g/mol. The molecule has 4 rings (SSSR count). The molecule has 0 saturated heterocycles. The minimum Gasteiger partial charge on any atom is -0.496 e. The van der Waals surface area contributed by atoms with Gasteiger partial charge in [0.25, 0.3) is 10.0 Å². The number of sulfonamides is 1. The molecule has 2 unspecified atom stereocenters. The van der Waals surface area contributed by atoms with Gasteiger partial charge in [0, 0.05) is 35.2 Å². The number of fused-ring (bicyclic) bond motifs is 1. The molecule has 0 amide bonds. The van der Waals surface area contributed by atoms with Gasteiger partial charge in [0.1, 0.15) is 5.75 Å². The quantitative estimate of drug-likeness (QED) is 0.388. The molecule has 0 bridgehead atoms. The van der Waals surface area contributed by atoms with Crippen LogP contribution in [0.4, 0.5) is 11.4 Å². The molecule has 3 aromatic rings. The molecule has 0 fully saturated rings. The average molecular weight is 495 g/mol. The van der Waals surface area contributed by atoms with Crippen LogP contribution in [0, 0.1) is 12.8 Å². The van der Waals surface area contributed by atoms with Gasteiger partial charge in [0.15, 0.2) is 5.78 Å². The fourth-order valence-electron chi connectivity index (χ4n) is 4.27. The maximum atomic E-state index is 13.0. The van der Waals surface area contributed by atoms with Crippen LogP contribution in [-0.4, -0.2) is 26.4 Å². The highest BCUT2D eigenvalue weighted by molar-refractivity contribution is 7.92. The number of ketones is 1. The number of methoxy groups -OCH3 is 1. The summed E-state index contributed by atoms with van der Waals surface area (Å²) in [6.07, 6.45) is -0.520. The Morgan fingerprint density at radius 2 is 1.89 bits per heavy atom. The number of Topliss-reactive ketones (excluding diaryl/α,β-unsaturated/α-hetero) is 1. The summed E-state index contributed by atoms with van der Waals surface area (Å²) in [6.45, 7) is 5.61. The smallest absolute Gasteiger partial charge is 0.261 e. The summed E-state index contributed by atoms with van der Waals surface area (Å²) in [5.74, 6) is 0.545. The van der Waals surface area contributed by atoms with E-state index in [-0.39, 0.29) is 22.6 Å². The van der Waals surface area contributed by atoms with Crippen molar-refractivity contribution in [3.63, 3.8) is 0 Å². The van der Waals surface area contributed by atoms with Gasteiger partial charge in [-0.05, 0) is 48.4 Å². The Morgan fingerprint density at radius 1 is 1.11 bits per heavy atom. The highest BCUT2D eigenvalue weighted by Gasteiger charge is 2.28. The molecule has 3 N–H and O–H groups in total. The van der Waals surface area contributed by atoms with Crippen molar-refractivity contribution in [2.24, 2.45) is 5.92 Å². The largest absolute Gasteiger partial charge is 0.496 e. The number of benzene rings is 3. The normalized spacial score (nSPS) is 17.4. The van der Waals surface area contributed by atoms with E-state index in [1.165, 1.54) is 19.2 Å². The zero-order valence-electron chi connectivity index (χ0n) is 20.2. The summed E-state index contributed by atoms with van der Waals surface area (Å²) in [7, 11) is -2.35. The fraction of sp³-hybridized carbons (Fsp3) is 0.296. The van der Waals surface area contributed by atoms with E-state index in [9.17, 15) is 18.3 Å². The number of hydrogen-bond donors (Lipinski definition) is 3. The third-order valence-electron chi connectivity index (χ3n) is 6.24. The Kier molecular flexibility index (Phi) is 6.87. The molecular formula is C27H30N2O5S. The number of rotatable bonds is 7. The number of carbonyl (C=O) groups excluding carboxylic acids is 1. The van der Waals surface area contributed by atoms with Crippen LogP contribution in [0.5, 0.6) is 5.75 Å². The number of nitrogens with one attached hydrogen (secondary N) is 2. The van der Waals surface area contributed by atoms with Gasteiger partial charge in [-0.15, -0.1) is 0 Å². The predicted molar refractivity (Wildman–Crippen MR) is 137 cm³/mol. The second kappa shape index (κ2) is 9.71. The minimum atomic E-state index is -3.88. The van der Waals surface area contributed by atoms with Crippen LogP contribution < -0.4 is 14.8 Å². The first kappa shape index (κ1) is 24.8. The standard InChI is InChI=1S/C27H30N2O5S/c1-16(2)27(31)19-7-5-6-18(12-19)24-15-25(30)22-14-21(10-11-23(22)28-24)35(32,33)29-20-9-8-17(3)26(13-20)34-4/h5-14,16,24-25,28-30H,15H2,1-4H3. The van der Waals surface area contributed by atoms with Crippen LogP contribution >= 0.6 is 0 Å². The highest BCUT2D eigenvalue weighted by Crippen LogP contribution is 2.40. The van der Waals surface area contributed by atoms with E-state index in [2.05, 4.69) is 10.0 Å². The Bertz CT molecular complexity index is 1370. The molecule has 184 valence electrons. The number of aryl methyl sites for hydroxylation is 1.